The summed E-state index contributed by atoms with van der Waals surface area (Å²) in [6.45, 7) is 9.53. The van der Waals surface area contributed by atoms with E-state index in [0.29, 0.717) is 68.2 Å². The van der Waals surface area contributed by atoms with Crippen LogP contribution in [0, 0.1) is 12.3 Å². The molecule has 3 aliphatic heterocycles. The number of aromatic amines is 1. The van der Waals surface area contributed by atoms with E-state index in [1.807, 2.05) is 24.0 Å². The van der Waals surface area contributed by atoms with Crippen molar-refractivity contribution >= 4 is 33.5 Å². The number of fused-ring (bicyclic) bond motifs is 2. The van der Waals surface area contributed by atoms with E-state index in [1.165, 1.54) is 6.08 Å². The number of anilines is 1. The van der Waals surface area contributed by atoms with Gasteiger partial charge in [0.25, 0.3) is 0 Å². The molecule has 14 heteroatoms. The van der Waals surface area contributed by atoms with E-state index in [-0.39, 0.29) is 35.1 Å². The molecule has 1 aliphatic carbocycles. The average molecular weight is 706 g/mol. The summed E-state index contributed by atoms with van der Waals surface area (Å²) in [4.78, 5) is 28.3. The molecule has 2 aromatic heterocycles. The number of halogens is 3. The van der Waals surface area contributed by atoms with E-state index >= 15 is 0 Å². The molecule has 1 amide bonds. The van der Waals surface area contributed by atoms with Crippen LogP contribution in [0.1, 0.15) is 42.7 Å². The molecule has 0 unspecified atom stereocenters. The molecule has 0 bridgehead atoms. The fourth-order valence-electron chi connectivity index (χ4n) is 7.95. The molecule has 4 aliphatic rings. The first-order valence-corrected chi connectivity index (χ1v) is 17.6. The first-order valence-electron chi connectivity index (χ1n) is 17.6. The molecule has 270 valence electrons. The lowest BCUT2D eigenvalue weighted by molar-refractivity contribution is -0.153. The van der Waals surface area contributed by atoms with Crippen LogP contribution in [0.4, 0.5) is 19.0 Å². The van der Waals surface area contributed by atoms with Gasteiger partial charge in [-0.3, -0.25) is 14.8 Å². The van der Waals surface area contributed by atoms with Gasteiger partial charge < -0.3 is 24.0 Å². The van der Waals surface area contributed by atoms with Crippen LogP contribution in [0.2, 0.25) is 0 Å². The van der Waals surface area contributed by atoms with Crippen molar-refractivity contribution in [3.63, 3.8) is 0 Å². The number of amides is 1. The third-order valence-corrected chi connectivity index (χ3v) is 10.9. The quantitative estimate of drug-likeness (QED) is 0.199. The largest absolute Gasteiger partial charge is 0.481 e. The minimum atomic E-state index is -4.58. The number of rotatable bonds is 11. The van der Waals surface area contributed by atoms with Crippen molar-refractivity contribution in [1.82, 2.24) is 30.0 Å². The van der Waals surface area contributed by atoms with Gasteiger partial charge in [-0.05, 0) is 73.4 Å². The number of methoxy groups -OCH3 is 1. The van der Waals surface area contributed by atoms with Crippen molar-refractivity contribution in [3.8, 4) is 22.9 Å². The van der Waals surface area contributed by atoms with Gasteiger partial charge in [0.05, 0.1) is 18.3 Å². The lowest BCUT2D eigenvalue weighted by Crippen LogP contribution is -2.61. The summed E-state index contributed by atoms with van der Waals surface area (Å²) < 4.78 is 59.4. The van der Waals surface area contributed by atoms with Gasteiger partial charge in [0, 0.05) is 74.7 Å². The molecule has 4 fully saturated rings. The fraction of sp³-hybridized carbons (Fsp3) is 0.514. The first-order chi connectivity index (χ1) is 24.5. The van der Waals surface area contributed by atoms with E-state index in [2.05, 4.69) is 32.6 Å². The van der Waals surface area contributed by atoms with Gasteiger partial charge >= 0.3 is 12.2 Å². The van der Waals surface area contributed by atoms with Gasteiger partial charge in [-0.2, -0.15) is 28.2 Å². The van der Waals surface area contributed by atoms with Crippen molar-refractivity contribution in [2.24, 2.45) is 5.41 Å². The van der Waals surface area contributed by atoms with Crippen LogP contribution in [0.15, 0.2) is 37.1 Å². The minimum absolute atomic E-state index is 0.0308. The van der Waals surface area contributed by atoms with Gasteiger partial charge in [0.2, 0.25) is 5.91 Å². The Bertz CT molecular complexity index is 1970. The van der Waals surface area contributed by atoms with E-state index in [0.717, 1.165) is 59.8 Å². The summed E-state index contributed by atoms with van der Waals surface area (Å²) in [6.07, 6.45) is 1.85. The number of carbonyl (C=O) groups is 1. The van der Waals surface area contributed by atoms with Crippen molar-refractivity contribution in [2.75, 3.05) is 71.0 Å². The molecule has 0 atom stereocenters. The summed E-state index contributed by atoms with van der Waals surface area (Å²) in [6, 6.07) is 6.06. The molecule has 0 radical (unpaired) electrons. The highest BCUT2D eigenvalue weighted by molar-refractivity contribution is 6.06. The number of alkyl halides is 3. The van der Waals surface area contributed by atoms with Crippen LogP contribution >= 0.6 is 0 Å². The second-order valence-corrected chi connectivity index (χ2v) is 14.5. The highest BCUT2D eigenvalue weighted by Crippen LogP contribution is 2.53. The number of hydrogen-bond acceptors (Lipinski definition) is 9. The third kappa shape index (κ3) is 6.48. The van der Waals surface area contributed by atoms with Crippen LogP contribution in [0.25, 0.3) is 32.9 Å². The van der Waals surface area contributed by atoms with Gasteiger partial charge in [-0.25, -0.2) is 0 Å². The molecule has 8 rings (SSSR count). The van der Waals surface area contributed by atoms with Gasteiger partial charge in [0.15, 0.2) is 12.4 Å². The Balaban J connectivity index is 1.25. The second-order valence-electron chi connectivity index (χ2n) is 14.5. The van der Waals surface area contributed by atoms with Crippen molar-refractivity contribution in [2.45, 2.75) is 50.8 Å². The molecule has 51 heavy (non-hydrogen) atoms. The number of nitrogens with zero attached hydrogens (tertiary/aromatic N) is 6. The summed E-state index contributed by atoms with van der Waals surface area (Å²) >= 11 is 0. The zero-order valence-corrected chi connectivity index (χ0v) is 28.9. The number of likely N-dealkylation sites (tertiary alicyclic amines) is 2. The Labute approximate surface area is 293 Å². The lowest BCUT2D eigenvalue weighted by Gasteiger charge is -2.54. The number of aromatic nitrogens is 4. The van der Waals surface area contributed by atoms with Crippen LogP contribution < -0.4 is 14.4 Å². The first kappa shape index (κ1) is 33.7. The average Bonchev–Trinajstić information content (AvgIpc) is 3.82. The number of benzene rings is 2. The van der Waals surface area contributed by atoms with Crippen LogP contribution in [0.5, 0.6) is 11.8 Å². The molecule has 1 spiro atoms. The zero-order chi connectivity index (χ0) is 35.5. The Morgan fingerprint density at radius 2 is 1.88 bits per heavy atom. The number of carbonyl (C=O) groups excluding carboxylic acids is 1. The van der Waals surface area contributed by atoms with E-state index in [9.17, 15) is 18.0 Å². The molecule has 11 nitrogen and oxygen atoms in total. The third-order valence-electron chi connectivity index (χ3n) is 10.9. The second kappa shape index (κ2) is 13.0. The molecular formula is C37H42F3N7O4. The molecule has 1 N–H and O–H groups in total. The van der Waals surface area contributed by atoms with E-state index in [4.69, 9.17) is 24.2 Å². The van der Waals surface area contributed by atoms with Gasteiger partial charge in [-0.15, -0.1) is 0 Å². The molecule has 1 saturated carbocycles. The lowest BCUT2D eigenvalue weighted by atomic mass is 9.72. The summed E-state index contributed by atoms with van der Waals surface area (Å²) in [5, 5.41) is 8.72. The summed E-state index contributed by atoms with van der Waals surface area (Å²) in [5.74, 6) is 0.810. The van der Waals surface area contributed by atoms with Crippen LogP contribution in [-0.2, 0) is 9.53 Å². The van der Waals surface area contributed by atoms with Crippen molar-refractivity contribution in [1.29, 1.82) is 0 Å². The van der Waals surface area contributed by atoms with Gasteiger partial charge in [0.1, 0.15) is 17.4 Å². The summed E-state index contributed by atoms with van der Waals surface area (Å²) in [5.41, 5.74) is 4.31. The number of nitrogens with one attached hydrogen (secondary N) is 1. The smallest absolute Gasteiger partial charge is 0.422 e. The predicted octanol–water partition coefficient (Wildman–Crippen LogP) is 5.62. The normalized spacial score (nSPS) is 19.4. The van der Waals surface area contributed by atoms with Crippen LogP contribution in [-0.4, -0.2) is 114 Å². The topological polar surface area (TPSA) is 109 Å². The van der Waals surface area contributed by atoms with E-state index in [1.54, 1.807) is 13.3 Å². The maximum atomic E-state index is 14.0. The van der Waals surface area contributed by atoms with Gasteiger partial charge in [-0.1, -0.05) is 12.6 Å². The van der Waals surface area contributed by atoms with Crippen molar-refractivity contribution < 1.29 is 32.2 Å². The Kier molecular flexibility index (Phi) is 8.56. The number of piperidine rings is 1. The predicted molar refractivity (Wildman–Crippen MR) is 186 cm³/mol. The zero-order valence-electron chi connectivity index (χ0n) is 28.9. The molecule has 3 saturated heterocycles. The Morgan fingerprint density at radius 3 is 2.57 bits per heavy atom. The van der Waals surface area contributed by atoms with Crippen molar-refractivity contribution in [3.05, 3.63) is 48.2 Å². The Morgan fingerprint density at radius 1 is 1.12 bits per heavy atom. The monoisotopic (exact) mass is 705 g/mol. The number of H-pyrrole nitrogens is 1. The maximum Gasteiger partial charge on any atom is 0.422 e. The molecular weight excluding hydrogens is 663 g/mol. The molecule has 2 aromatic carbocycles. The van der Waals surface area contributed by atoms with E-state index < -0.39 is 12.8 Å². The number of hydrogen-bond donors (Lipinski definition) is 1. The molecule has 4 aromatic rings. The number of ether oxygens (including phenoxy) is 3. The Hall–Kier alpha value is -4.43. The number of aryl methyl sites for hydroxylation is 1. The highest BCUT2D eigenvalue weighted by atomic mass is 19.4. The standard InChI is InChI=1S/C37H42F3N7O4/c1-4-29(48)47-19-36(20-47)9-11-46(12-10-36)34-26-15-25(23-6-7-23)31(30-22(2)5-8-28-27(30)16-41-44-28)33(50-21-37(38,39)40)32(26)42-35(43-34)51-24-17-45(18-24)13-14-49-3/h4-5,8,15-16,23-24H,1,6-7,9-14,17-21H2,2-3H3,(H,41,44). The summed E-state index contributed by atoms with van der Waals surface area (Å²) in [7, 11) is 1.66. The van der Waals surface area contributed by atoms with Crippen LogP contribution in [0.3, 0.4) is 0 Å². The molecule has 5 heterocycles. The minimum Gasteiger partial charge on any atom is -0.481 e. The fourth-order valence-corrected chi connectivity index (χ4v) is 7.95. The maximum absolute atomic E-state index is 14.0. The highest BCUT2D eigenvalue weighted by Gasteiger charge is 2.47. The SMILES string of the molecule is C=CC(=O)N1CC2(CCN(c3nc(OC4CN(CCOC)C4)nc4c(OCC(F)(F)F)c(-c5c(C)ccc6[nH]ncc56)c(C5CC5)cc34)CC2)C1.